The highest BCUT2D eigenvalue weighted by Crippen LogP contribution is 1.93. The molecule has 0 saturated carbocycles. The summed E-state index contributed by atoms with van der Waals surface area (Å²) in [5, 5.41) is 0. The van der Waals surface area contributed by atoms with Crippen LogP contribution in [-0.2, 0) is 0 Å². The molecule has 1 aromatic heterocycles. The van der Waals surface area contributed by atoms with Crippen molar-refractivity contribution in [2.45, 2.75) is 0 Å². The lowest BCUT2D eigenvalue weighted by Crippen LogP contribution is -1.71. The molecule has 0 aliphatic heterocycles. The molecule has 1 heteroatoms. The summed E-state index contributed by atoms with van der Waals surface area (Å²) < 4.78 is 0. The number of rotatable bonds is 1. The largest absolute Gasteiger partial charge is 0.254 e. The van der Waals surface area contributed by atoms with Gasteiger partial charge in [0.1, 0.15) is 0 Å². The van der Waals surface area contributed by atoms with Crippen molar-refractivity contribution in [2.24, 2.45) is 0 Å². The third-order valence-electron chi connectivity index (χ3n) is 0.850. The predicted molar refractivity (Wildman–Crippen MR) is 33.2 cm³/mol. The second-order valence-corrected chi connectivity index (χ2v) is 1.41. The maximum Gasteiger partial charge on any atom is 0.0964 e. The first-order valence-electron chi connectivity index (χ1n) is 2.38. The first-order valence-corrected chi connectivity index (χ1v) is 2.38. The minimum Gasteiger partial charge on any atom is -0.254 e. The molecule has 1 radical (unpaired) electrons. The molecule has 0 saturated heterocycles. The van der Waals surface area contributed by atoms with Gasteiger partial charge in [0.2, 0.25) is 0 Å². The van der Waals surface area contributed by atoms with Crippen LogP contribution in [0.2, 0.25) is 0 Å². The average molecular weight is 104 g/mol. The first-order chi connectivity index (χ1) is 3.93. The second kappa shape index (κ2) is 2.26. The zero-order valence-corrected chi connectivity index (χ0v) is 4.46. The van der Waals surface area contributed by atoms with Crippen molar-refractivity contribution in [1.82, 2.24) is 4.98 Å². The van der Waals surface area contributed by atoms with Gasteiger partial charge in [0.05, 0.1) is 6.20 Å². The molecule has 0 spiro atoms. The van der Waals surface area contributed by atoms with Crippen molar-refractivity contribution in [1.29, 1.82) is 0 Å². The van der Waals surface area contributed by atoms with Crippen molar-refractivity contribution < 1.29 is 0 Å². The van der Waals surface area contributed by atoms with E-state index in [1.165, 1.54) is 0 Å². The molecule has 0 atom stereocenters. The van der Waals surface area contributed by atoms with Crippen molar-refractivity contribution in [2.75, 3.05) is 0 Å². The molecule has 0 fully saturated rings. The molecule has 0 amide bonds. The number of nitrogens with zero attached hydrogens (tertiary/aromatic N) is 1. The smallest absolute Gasteiger partial charge is 0.0964 e. The lowest BCUT2D eigenvalue weighted by Gasteiger charge is -1.83. The first kappa shape index (κ1) is 5.04. The number of aromatic nitrogens is 1. The third kappa shape index (κ3) is 0.936. The molecule has 1 heterocycles. The Bertz CT molecular complexity index is 167. The van der Waals surface area contributed by atoms with Crippen LogP contribution in [0, 0.1) is 6.20 Å². The fourth-order valence-electron chi connectivity index (χ4n) is 0.452. The molecule has 39 valence electrons. The number of hydrogen-bond acceptors (Lipinski definition) is 1. The molecule has 1 rings (SSSR count). The average Bonchev–Trinajstić information content (AvgIpc) is 1.90. The summed E-state index contributed by atoms with van der Waals surface area (Å²) in [6.45, 7) is 3.56. The van der Waals surface area contributed by atoms with Gasteiger partial charge in [-0.25, -0.2) is 0 Å². The van der Waals surface area contributed by atoms with E-state index in [0.29, 0.717) is 0 Å². The fraction of sp³-hybridized carbons (Fsp3) is 0. The highest BCUT2D eigenvalue weighted by molar-refractivity contribution is 5.43. The molecule has 1 nitrogen and oxygen atoms in total. The van der Waals surface area contributed by atoms with E-state index in [9.17, 15) is 0 Å². The minimum absolute atomic E-state index is 0.938. The van der Waals surface area contributed by atoms with Crippen LogP contribution in [0.15, 0.2) is 24.9 Å². The van der Waals surface area contributed by atoms with Gasteiger partial charge in [0, 0.05) is 11.8 Å². The maximum absolute atomic E-state index is 3.76. The van der Waals surface area contributed by atoms with Crippen LogP contribution < -0.4 is 0 Å². The Labute approximate surface area is 48.7 Å². The quantitative estimate of drug-likeness (QED) is 0.526. The SMILES string of the molecule is C=Cc1[c]nccc1. The summed E-state index contributed by atoms with van der Waals surface area (Å²) in [7, 11) is 0. The topological polar surface area (TPSA) is 12.9 Å². The van der Waals surface area contributed by atoms with E-state index in [1.807, 2.05) is 12.1 Å². The van der Waals surface area contributed by atoms with Crippen LogP contribution in [0.25, 0.3) is 6.08 Å². The van der Waals surface area contributed by atoms with Gasteiger partial charge in [-0.15, -0.1) is 0 Å². The Morgan fingerprint density at radius 2 is 2.62 bits per heavy atom. The van der Waals surface area contributed by atoms with Crippen LogP contribution in [0.3, 0.4) is 0 Å². The molecule has 0 aromatic carbocycles. The van der Waals surface area contributed by atoms with E-state index >= 15 is 0 Å². The normalized spacial score (nSPS) is 8.50. The Kier molecular flexibility index (Phi) is 1.42. The molecule has 0 N–H and O–H groups in total. The van der Waals surface area contributed by atoms with E-state index in [-0.39, 0.29) is 0 Å². The second-order valence-electron chi connectivity index (χ2n) is 1.41. The van der Waals surface area contributed by atoms with Crippen molar-refractivity contribution in [3.8, 4) is 0 Å². The van der Waals surface area contributed by atoms with E-state index in [0.717, 1.165) is 5.56 Å². The molecule has 0 unspecified atom stereocenters. The van der Waals surface area contributed by atoms with Crippen molar-refractivity contribution in [3.63, 3.8) is 0 Å². The summed E-state index contributed by atoms with van der Waals surface area (Å²) in [5.74, 6) is 0. The van der Waals surface area contributed by atoms with Gasteiger partial charge in [-0.2, -0.15) is 0 Å². The van der Waals surface area contributed by atoms with E-state index in [2.05, 4.69) is 17.8 Å². The summed E-state index contributed by atoms with van der Waals surface area (Å²) in [6, 6.07) is 3.76. The molecule has 1 aromatic rings. The highest BCUT2D eigenvalue weighted by Gasteiger charge is 1.78. The van der Waals surface area contributed by atoms with Gasteiger partial charge in [-0.3, -0.25) is 4.98 Å². The molecule has 0 aliphatic rings. The zero-order valence-electron chi connectivity index (χ0n) is 4.46. The minimum atomic E-state index is 0.938. The molecular weight excluding hydrogens is 98.1 g/mol. The van der Waals surface area contributed by atoms with E-state index < -0.39 is 0 Å². The summed E-state index contributed by atoms with van der Waals surface area (Å²) >= 11 is 0. The Morgan fingerprint density at radius 1 is 1.75 bits per heavy atom. The summed E-state index contributed by atoms with van der Waals surface area (Å²) in [5.41, 5.74) is 0.938. The van der Waals surface area contributed by atoms with E-state index in [1.54, 1.807) is 12.3 Å². The molecule has 0 bridgehead atoms. The van der Waals surface area contributed by atoms with Crippen LogP contribution >= 0.6 is 0 Å². The molecule has 0 aliphatic carbocycles. The molecule has 8 heavy (non-hydrogen) atoms. The van der Waals surface area contributed by atoms with Crippen molar-refractivity contribution in [3.05, 3.63) is 36.7 Å². The molecular formula is C7H6N. The van der Waals surface area contributed by atoms with Gasteiger partial charge in [0.25, 0.3) is 0 Å². The van der Waals surface area contributed by atoms with Gasteiger partial charge < -0.3 is 0 Å². The summed E-state index contributed by atoms with van der Waals surface area (Å²) in [4.78, 5) is 3.76. The van der Waals surface area contributed by atoms with E-state index in [4.69, 9.17) is 0 Å². The maximum atomic E-state index is 3.76. The Morgan fingerprint density at radius 3 is 3.00 bits per heavy atom. The van der Waals surface area contributed by atoms with Crippen LogP contribution in [0.5, 0.6) is 0 Å². The zero-order chi connectivity index (χ0) is 5.82. The highest BCUT2D eigenvalue weighted by atomic mass is 14.6. The number of pyridine rings is 1. The predicted octanol–water partition coefficient (Wildman–Crippen LogP) is 1.52. The van der Waals surface area contributed by atoms with Crippen molar-refractivity contribution >= 4 is 6.08 Å². The fourth-order valence-corrected chi connectivity index (χ4v) is 0.452. The Balaban J connectivity index is 2.99. The number of hydrogen-bond donors (Lipinski definition) is 0. The lowest BCUT2D eigenvalue weighted by molar-refractivity contribution is 1.30. The third-order valence-corrected chi connectivity index (χ3v) is 0.850. The lowest BCUT2D eigenvalue weighted by atomic mass is 10.3. The van der Waals surface area contributed by atoms with Crippen LogP contribution in [0.4, 0.5) is 0 Å². The van der Waals surface area contributed by atoms with Crippen LogP contribution in [0.1, 0.15) is 5.56 Å². The standard InChI is InChI=1S/C7H6N/c1-2-7-4-3-5-8-6-7/h2-5H,1H2. The van der Waals surface area contributed by atoms with Gasteiger partial charge in [-0.05, 0) is 6.07 Å². The van der Waals surface area contributed by atoms with Gasteiger partial charge >= 0.3 is 0 Å². The van der Waals surface area contributed by atoms with Gasteiger partial charge in [-0.1, -0.05) is 18.7 Å². The van der Waals surface area contributed by atoms with Crippen LogP contribution in [-0.4, -0.2) is 4.98 Å². The summed E-state index contributed by atoms with van der Waals surface area (Å²) in [6.07, 6.45) is 6.15. The van der Waals surface area contributed by atoms with Gasteiger partial charge in [0.15, 0.2) is 0 Å². The monoisotopic (exact) mass is 104 g/mol. The Hall–Kier alpha value is -1.11.